The smallest absolute Gasteiger partial charge is 0.306 e. The maximum atomic E-state index is 12.7. The number of quaternary nitrogens is 1. The number of carbonyl (C=O) groups is 3. The number of allylic oxidation sites excluding steroid dienone is 16. The largest absolute Gasteiger partial charge is 0.544 e. The van der Waals surface area contributed by atoms with Crippen LogP contribution in [0.5, 0.6) is 0 Å². The summed E-state index contributed by atoms with van der Waals surface area (Å²) in [6.45, 7) is 4.38. The van der Waals surface area contributed by atoms with Crippen LogP contribution in [0.25, 0.3) is 0 Å². The van der Waals surface area contributed by atoms with Crippen LogP contribution in [0.15, 0.2) is 97.2 Å². The van der Waals surface area contributed by atoms with Gasteiger partial charge in [0.15, 0.2) is 6.10 Å². The number of unbranched alkanes of at least 4 members (excludes halogenated alkanes) is 13. The van der Waals surface area contributed by atoms with E-state index >= 15 is 0 Å². The fraction of sp³-hybridized carbons (Fsp3) is 0.612. The van der Waals surface area contributed by atoms with Crippen molar-refractivity contribution in [2.45, 2.75) is 154 Å². The molecule has 0 rings (SSSR count). The minimum absolute atomic E-state index is 0.0193. The highest BCUT2D eigenvalue weighted by Crippen LogP contribution is 2.13. The molecule has 0 aliphatic heterocycles. The Hall–Kier alpha value is -3.75. The van der Waals surface area contributed by atoms with Crippen LogP contribution in [0, 0.1) is 0 Å². The van der Waals surface area contributed by atoms with Crippen LogP contribution >= 0.6 is 0 Å². The van der Waals surface area contributed by atoms with E-state index < -0.39 is 18.1 Å². The number of carboxylic acids is 1. The van der Waals surface area contributed by atoms with Gasteiger partial charge in [0, 0.05) is 19.3 Å². The summed E-state index contributed by atoms with van der Waals surface area (Å²) < 4.78 is 17.1. The monoisotopic (exact) mass is 794 g/mol. The fourth-order valence-corrected chi connectivity index (χ4v) is 5.75. The van der Waals surface area contributed by atoms with E-state index in [1.807, 2.05) is 36.5 Å². The average Bonchev–Trinajstić information content (AvgIpc) is 3.17. The van der Waals surface area contributed by atoms with Gasteiger partial charge in [0.2, 0.25) is 0 Å². The number of carbonyl (C=O) groups excluding carboxylic acids is 3. The first kappa shape index (κ1) is 53.2. The molecule has 0 radical (unpaired) electrons. The van der Waals surface area contributed by atoms with Crippen molar-refractivity contribution < 1.29 is 38.2 Å². The van der Waals surface area contributed by atoms with Crippen molar-refractivity contribution in [3.63, 3.8) is 0 Å². The van der Waals surface area contributed by atoms with Crippen LogP contribution in [0.2, 0.25) is 0 Å². The van der Waals surface area contributed by atoms with Gasteiger partial charge in [-0.2, -0.15) is 0 Å². The minimum atomic E-state index is -1.14. The lowest BCUT2D eigenvalue weighted by Gasteiger charge is -2.34. The zero-order valence-corrected chi connectivity index (χ0v) is 36.5. The summed E-state index contributed by atoms with van der Waals surface area (Å²) in [6, 6.07) is -0.738. The van der Waals surface area contributed by atoms with Gasteiger partial charge >= 0.3 is 11.9 Å². The number of nitrogens with zero attached hydrogens (tertiary/aromatic N) is 1. The standard InChI is InChI=1S/C49H79NO7/c1-6-8-10-12-14-16-18-20-22-23-24-26-28-30-32-34-36-38-40-48(52)57-45(43-55-42-41-46(49(53)54)50(3,4)5)44-56-47(51)39-37-35-33-31-29-27-25-21-19-17-15-13-11-9-7-2/h9-20,22-24,26,45-46H,6-8,21,25,27-44H2,1-5H3/b11-9+,12-10+,15-13+,16-14+,19-17+,20-18+,23-22+,26-24+. The molecule has 322 valence electrons. The number of likely N-dealkylation sites (N-methyl/N-ethyl adjacent to an activating group) is 1. The number of hydrogen-bond donors (Lipinski definition) is 0. The molecule has 0 aromatic carbocycles. The molecule has 0 saturated heterocycles. The van der Waals surface area contributed by atoms with E-state index in [1.54, 1.807) is 21.1 Å². The molecule has 2 unspecified atom stereocenters. The Labute approximate surface area is 347 Å². The molecular formula is C49H79NO7. The Bertz CT molecular complexity index is 1250. The summed E-state index contributed by atoms with van der Waals surface area (Å²) in [5.41, 5.74) is 0. The second-order valence-electron chi connectivity index (χ2n) is 15.4. The van der Waals surface area contributed by atoms with Crippen LogP contribution in [-0.4, -0.2) is 75.5 Å². The zero-order valence-electron chi connectivity index (χ0n) is 36.5. The van der Waals surface area contributed by atoms with Crippen LogP contribution < -0.4 is 5.11 Å². The van der Waals surface area contributed by atoms with Crippen LogP contribution in [0.1, 0.15) is 142 Å². The van der Waals surface area contributed by atoms with E-state index in [0.29, 0.717) is 6.42 Å². The Morgan fingerprint density at radius 2 is 0.982 bits per heavy atom. The zero-order chi connectivity index (χ0) is 42.1. The topological polar surface area (TPSA) is 102 Å². The van der Waals surface area contributed by atoms with E-state index in [-0.39, 0.29) is 49.1 Å². The third-order valence-corrected chi connectivity index (χ3v) is 9.12. The Kier molecular flexibility index (Phi) is 36.5. The second kappa shape index (κ2) is 39.1. The minimum Gasteiger partial charge on any atom is -0.544 e. The van der Waals surface area contributed by atoms with Crippen molar-refractivity contribution in [2.24, 2.45) is 0 Å². The van der Waals surface area contributed by atoms with E-state index in [4.69, 9.17) is 14.2 Å². The summed E-state index contributed by atoms with van der Waals surface area (Å²) in [6.07, 6.45) is 51.3. The molecule has 0 aliphatic rings. The first-order chi connectivity index (χ1) is 27.6. The lowest BCUT2D eigenvalue weighted by molar-refractivity contribution is -0.889. The van der Waals surface area contributed by atoms with Gasteiger partial charge in [0.05, 0.1) is 40.3 Å². The summed E-state index contributed by atoms with van der Waals surface area (Å²) >= 11 is 0. The number of aliphatic carboxylic acids is 1. The summed E-state index contributed by atoms with van der Waals surface area (Å²) in [7, 11) is 5.38. The molecule has 0 fully saturated rings. The Morgan fingerprint density at radius 1 is 0.544 bits per heavy atom. The maximum absolute atomic E-state index is 12.7. The van der Waals surface area contributed by atoms with Crippen molar-refractivity contribution in [1.29, 1.82) is 0 Å². The van der Waals surface area contributed by atoms with E-state index in [1.165, 1.54) is 25.7 Å². The summed E-state index contributed by atoms with van der Waals surface area (Å²) in [4.78, 5) is 36.9. The van der Waals surface area contributed by atoms with Crippen LogP contribution in [-0.2, 0) is 28.6 Å². The van der Waals surface area contributed by atoms with Crippen LogP contribution in [0.3, 0.4) is 0 Å². The molecule has 8 heteroatoms. The van der Waals surface area contributed by atoms with E-state index in [2.05, 4.69) is 74.6 Å². The highest BCUT2D eigenvalue weighted by molar-refractivity contribution is 5.70. The maximum Gasteiger partial charge on any atom is 0.306 e. The lowest BCUT2D eigenvalue weighted by atomic mass is 10.1. The average molecular weight is 794 g/mol. The molecule has 0 aromatic rings. The molecule has 0 amide bonds. The molecule has 2 atom stereocenters. The summed E-state index contributed by atoms with van der Waals surface area (Å²) in [5, 5.41) is 11.6. The number of rotatable bonds is 37. The first-order valence-electron chi connectivity index (χ1n) is 21.9. The van der Waals surface area contributed by atoms with Crippen molar-refractivity contribution >= 4 is 17.9 Å². The predicted octanol–water partition coefficient (Wildman–Crippen LogP) is 10.6. The van der Waals surface area contributed by atoms with Crippen molar-refractivity contribution in [3.05, 3.63) is 97.2 Å². The third kappa shape index (κ3) is 37.6. The van der Waals surface area contributed by atoms with Gasteiger partial charge in [-0.25, -0.2) is 0 Å². The molecule has 0 spiro atoms. The SMILES string of the molecule is CC/C=C/C=C/C=C/CCCCCCCCCC(=O)OCC(COCCC(C(=O)[O-])[N+](C)(C)C)OC(=O)CCCCCCC/C=C/C=C/C=C/C=C/C=C/CCC. The third-order valence-electron chi connectivity index (χ3n) is 9.12. The molecule has 0 heterocycles. The lowest BCUT2D eigenvalue weighted by Crippen LogP contribution is -2.55. The van der Waals surface area contributed by atoms with Gasteiger partial charge in [-0.3, -0.25) is 9.59 Å². The van der Waals surface area contributed by atoms with Crippen molar-refractivity contribution in [2.75, 3.05) is 41.0 Å². The van der Waals surface area contributed by atoms with Gasteiger partial charge in [0.25, 0.3) is 0 Å². The fourth-order valence-electron chi connectivity index (χ4n) is 5.75. The Morgan fingerprint density at radius 3 is 1.46 bits per heavy atom. The number of carboxylic acid groups (broad SMARTS) is 1. The van der Waals surface area contributed by atoms with E-state index in [9.17, 15) is 19.5 Å². The predicted molar refractivity (Wildman–Crippen MR) is 235 cm³/mol. The van der Waals surface area contributed by atoms with Crippen molar-refractivity contribution in [1.82, 2.24) is 0 Å². The first-order valence-corrected chi connectivity index (χ1v) is 21.9. The summed E-state index contributed by atoms with van der Waals surface area (Å²) in [5.74, 6) is -1.80. The molecule has 0 saturated carbocycles. The molecule has 57 heavy (non-hydrogen) atoms. The quantitative estimate of drug-likeness (QED) is 0.0267. The second-order valence-corrected chi connectivity index (χ2v) is 15.4. The highest BCUT2D eigenvalue weighted by atomic mass is 16.6. The molecule has 0 aromatic heterocycles. The highest BCUT2D eigenvalue weighted by Gasteiger charge is 2.25. The molecule has 0 bridgehead atoms. The molecule has 8 nitrogen and oxygen atoms in total. The Balaban J connectivity index is 4.45. The van der Waals surface area contributed by atoms with Crippen LogP contribution in [0.4, 0.5) is 0 Å². The van der Waals surface area contributed by atoms with Gasteiger partial charge in [-0.15, -0.1) is 0 Å². The number of ether oxygens (including phenoxy) is 3. The molecule has 0 aliphatic carbocycles. The van der Waals surface area contributed by atoms with E-state index in [0.717, 1.165) is 83.5 Å². The van der Waals surface area contributed by atoms with Gasteiger partial charge in [-0.1, -0.05) is 169 Å². The molecular weight excluding hydrogens is 715 g/mol. The normalized spacial score (nSPS) is 13.9. The molecule has 0 N–H and O–H groups in total. The van der Waals surface area contributed by atoms with Gasteiger partial charge in [-0.05, 0) is 51.4 Å². The van der Waals surface area contributed by atoms with Gasteiger partial charge in [0.1, 0.15) is 12.6 Å². The van der Waals surface area contributed by atoms with Crippen molar-refractivity contribution in [3.8, 4) is 0 Å². The van der Waals surface area contributed by atoms with Gasteiger partial charge < -0.3 is 28.6 Å². The number of hydrogen-bond acceptors (Lipinski definition) is 7. The number of esters is 2.